The highest BCUT2D eigenvalue weighted by Gasteiger charge is 2.10. The number of nitrogens with zero attached hydrogens (tertiary/aromatic N) is 3. The highest BCUT2D eigenvalue weighted by Crippen LogP contribution is 2.09. The van der Waals surface area contributed by atoms with Crippen LogP contribution in [-0.4, -0.2) is 49.4 Å². The van der Waals surface area contributed by atoms with Gasteiger partial charge >= 0.3 is 0 Å². The van der Waals surface area contributed by atoms with Crippen molar-refractivity contribution in [1.29, 1.82) is 0 Å². The molecule has 0 atom stereocenters. The maximum atomic E-state index is 13.1. The summed E-state index contributed by atoms with van der Waals surface area (Å²) in [5.41, 5.74) is 0.966. The molecule has 1 aromatic heterocycles. The summed E-state index contributed by atoms with van der Waals surface area (Å²) < 4.78 is 13.1. The second kappa shape index (κ2) is 11.1. The van der Waals surface area contributed by atoms with Crippen molar-refractivity contribution in [2.75, 3.05) is 27.7 Å². The molecule has 1 amide bonds. The van der Waals surface area contributed by atoms with Gasteiger partial charge in [-0.05, 0) is 29.1 Å². The molecule has 0 radical (unpaired) electrons. The standard InChI is InChI=1S/C18H23FN4OS.HI/c1-22(2)17(24)12-21-18(20-11-16-5-4-10-25-16)23(3)13-14-6-8-15(19)9-7-14;/h4-10H,11-13H2,1-3H3,(H,20,21);1H. The lowest BCUT2D eigenvalue weighted by Gasteiger charge is -2.22. The van der Waals surface area contributed by atoms with E-state index in [0.717, 1.165) is 5.56 Å². The maximum absolute atomic E-state index is 13.1. The van der Waals surface area contributed by atoms with Gasteiger partial charge in [0, 0.05) is 32.6 Å². The lowest BCUT2D eigenvalue weighted by Crippen LogP contribution is -2.39. The highest BCUT2D eigenvalue weighted by atomic mass is 127. The van der Waals surface area contributed by atoms with Crippen molar-refractivity contribution in [3.05, 3.63) is 58.0 Å². The third-order valence-corrected chi connectivity index (χ3v) is 4.43. The molecule has 0 unspecified atom stereocenters. The molecule has 5 nitrogen and oxygen atoms in total. The SMILES string of the molecule is CN(C)C(=O)CN=C(NCc1cccs1)N(C)Cc1ccc(F)cc1.I. The minimum absolute atomic E-state index is 0. The zero-order chi connectivity index (χ0) is 18.2. The summed E-state index contributed by atoms with van der Waals surface area (Å²) in [5, 5.41) is 5.31. The van der Waals surface area contributed by atoms with Crippen LogP contribution in [0.4, 0.5) is 4.39 Å². The van der Waals surface area contributed by atoms with Crippen LogP contribution in [0.5, 0.6) is 0 Å². The third-order valence-electron chi connectivity index (χ3n) is 3.56. The van der Waals surface area contributed by atoms with Gasteiger partial charge in [0.05, 0.1) is 6.54 Å². The van der Waals surface area contributed by atoms with E-state index >= 15 is 0 Å². The zero-order valence-electron chi connectivity index (χ0n) is 15.1. The first-order valence-electron chi connectivity index (χ1n) is 7.92. The summed E-state index contributed by atoms with van der Waals surface area (Å²) in [6.45, 7) is 1.28. The molecule has 142 valence electrons. The average molecular weight is 490 g/mol. The van der Waals surface area contributed by atoms with Gasteiger partial charge in [0.15, 0.2) is 5.96 Å². The predicted molar refractivity (Wildman–Crippen MR) is 115 cm³/mol. The molecule has 1 N–H and O–H groups in total. The van der Waals surface area contributed by atoms with Crippen molar-refractivity contribution in [2.24, 2.45) is 4.99 Å². The molecule has 0 spiro atoms. The molecule has 0 aliphatic rings. The number of thiophene rings is 1. The van der Waals surface area contributed by atoms with E-state index in [1.807, 2.05) is 29.5 Å². The van der Waals surface area contributed by atoms with Crippen LogP contribution < -0.4 is 5.32 Å². The van der Waals surface area contributed by atoms with E-state index in [-0.39, 0.29) is 42.2 Å². The molecule has 2 aromatic rings. The van der Waals surface area contributed by atoms with Crippen molar-refractivity contribution >= 4 is 47.2 Å². The fourth-order valence-electron chi connectivity index (χ4n) is 2.11. The van der Waals surface area contributed by atoms with Gasteiger partial charge in [-0.25, -0.2) is 9.38 Å². The van der Waals surface area contributed by atoms with Crippen molar-refractivity contribution in [3.63, 3.8) is 0 Å². The predicted octanol–water partition coefficient (Wildman–Crippen LogP) is 3.17. The second-order valence-corrected chi connectivity index (χ2v) is 6.88. The Morgan fingerprint density at radius 3 is 2.46 bits per heavy atom. The average Bonchev–Trinajstić information content (AvgIpc) is 3.10. The first kappa shape index (κ1) is 22.4. The van der Waals surface area contributed by atoms with Crippen LogP contribution in [0.25, 0.3) is 0 Å². The van der Waals surface area contributed by atoms with E-state index in [0.29, 0.717) is 19.0 Å². The molecular formula is C18H24FIN4OS. The Balaban J connectivity index is 0.00000338. The summed E-state index contributed by atoms with van der Waals surface area (Å²) in [5.74, 6) is 0.311. The van der Waals surface area contributed by atoms with E-state index in [1.165, 1.54) is 21.9 Å². The Bertz CT molecular complexity index is 704. The number of carbonyl (C=O) groups is 1. The van der Waals surface area contributed by atoms with E-state index in [1.54, 1.807) is 37.6 Å². The fourth-order valence-corrected chi connectivity index (χ4v) is 2.76. The summed E-state index contributed by atoms with van der Waals surface area (Å²) in [7, 11) is 5.31. The van der Waals surface area contributed by atoms with Crippen LogP contribution >= 0.6 is 35.3 Å². The van der Waals surface area contributed by atoms with Crippen LogP contribution in [-0.2, 0) is 17.9 Å². The number of nitrogens with one attached hydrogen (secondary N) is 1. The zero-order valence-corrected chi connectivity index (χ0v) is 18.3. The van der Waals surface area contributed by atoms with E-state index in [9.17, 15) is 9.18 Å². The molecule has 26 heavy (non-hydrogen) atoms. The molecule has 1 aromatic carbocycles. The van der Waals surface area contributed by atoms with Gasteiger partial charge in [0.1, 0.15) is 12.4 Å². The molecule has 0 aliphatic heterocycles. The largest absolute Gasteiger partial charge is 0.351 e. The van der Waals surface area contributed by atoms with Gasteiger partial charge in [-0.2, -0.15) is 0 Å². The normalized spacial score (nSPS) is 10.8. The number of likely N-dealkylation sites (N-methyl/N-ethyl adjacent to an activating group) is 1. The lowest BCUT2D eigenvalue weighted by molar-refractivity contribution is -0.127. The Hall–Kier alpha value is -1.68. The van der Waals surface area contributed by atoms with E-state index in [4.69, 9.17) is 0 Å². The number of carbonyl (C=O) groups excluding carboxylic acids is 1. The molecule has 2 rings (SSSR count). The highest BCUT2D eigenvalue weighted by molar-refractivity contribution is 14.0. The number of hydrogen-bond acceptors (Lipinski definition) is 3. The number of rotatable bonds is 6. The Kier molecular flexibility index (Phi) is 9.57. The summed E-state index contributed by atoms with van der Waals surface area (Å²) in [6, 6.07) is 10.4. The van der Waals surface area contributed by atoms with Crippen LogP contribution in [0.15, 0.2) is 46.8 Å². The number of hydrogen-bond donors (Lipinski definition) is 1. The molecule has 0 bridgehead atoms. The van der Waals surface area contributed by atoms with Crippen LogP contribution in [0, 0.1) is 5.82 Å². The summed E-state index contributed by atoms with van der Waals surface area (Å²) in [4.78, 5) is 20.9. The third kappa shape index (κ3) is 7.28. The molecule has 0 saturated heterocycles. The summed E-state index contributed by atoms with van der Waals surface area (Å²) in [6.07, 6.45) is 0. The Morgan fingerprint density at radius 1 is 1.19 bits per heavy atom. The minimum atomic E-state index is -0.257. The van der Waals surface area contributed by atoms with Gasteiger partial charge in [0.2, 0.25) is 5.91 Å². The van der Waals surface area contributed by atoms with Crippen LogP contribution in [0.1, 0.15) is 10.4 Å². The topological polar surface area (TPSA) is 47.9 Å². The molecule has 8 heteroatoms. The number of guanidine groups is 1. The molecule has 0 aliphatic carbocycles. The smallest absolute Gasteiger partial charge is 0.243 e. The first-order valence-corrected chi connectivity index (χ1v) is 8.80. The van der Waals surface area contributed by atoms with Crippen molar-refractivity contribution < 1.29 is 9.18 Å². The van der Waals surface area contributed by atoms with Crippen LogP contribution in [0.3, 0.4) is 0 Å². The van der Waals surface area contributed by atoms with E-state index < -0.39 is 0 Å². The number of halogens is 2. The van der Waals surface area contributed by atoms with Gasteiger partial charge in [0.25, 0.3) is 0 Å². The van der Waals surface area contributed by atoms with Crippen molar-refractivity contribution in [1.82, 2.24) is 15.1 Å². The van der Waals surface area contributed by atoms with Crippen LogP contribution in [0.2, 0.25) is 0 Å². The van der Waals surface area contributed by atoms with Crippen molar-refractivity contribution in [2.45, 2.75) is 13.1 Å². The van der Waals surface area contributed by atoms with Gasteiger partial charge in [-0.15, -0.1) is 35.3 Å². The molecule has 1 heterocycles. The monoisotopic (exact) mass is 490 g/mol. The van der Waals surface area contributed by atoms with Gasteiger partial charge < -0.3 is 15.1 Å². The number of amides is 1. The first-order chi connectivity index (χ1) is 12.0. The molecule has 0 saturated carbocycles. The Morgan fingerprint density at radius 2 is 1.88 bits per heavy atom. The molecule has 0 fully saturated rings. The lowest BCUT2D eigenvalue weighted by atomic mass is 10.2. The van der Waals surface area contributed by atoms with Gasteiger partial charge in [-0.3, -0.25) is 4.79 Å². The number of aliphatic imine (C=N–C) groups is 1. The molecular weight excluding hydrogens is 466 g/mol. The minimum Gasteiger partial charge on any atom is -0.351 e. The second-order valence-electron chi connectivity index (χ2n) is 5.84. The summed E-state index contributed by atoms with van der Waals surface area (Å²) >= 11 is 1.66. The van der Waals surface area contributed by atoms with E-state index in [2.05, 4.69) is 10.3 Å². The number of benzene rings is 1. The van der Waals surface area contributed by atoms with Crippen molar-refractivity contribution in [3.8, 4) is 0 Å². The quantitative estimate of drug-likeness (QED) is 0.385. The fraction of sp³-hybridized carbons (Fsp3) is 0.333. The maximum Gasteiger partial charge on any atom is 0.243 e. The van der Waals surface area contributed by atoms with Gasteiger partial charge in [-0.1, -0.05) is 18.2 Å². The Labute approximate surface area is 174 Å².